The molecule has 1 atom stereocenters. The first-order chi connectivity index (χ1) is 14.7. The molecule has 0 aliphatic carbocycles. The molecule has 166 valence electrons. The van der Waals surface area contributed by atoms with Crippen LogP contribution in [0.25, 0.3) is 16.9 Å². The molecule has 3 aromatic rings. The zero-order chi connectivity index (χ0) is 22.2. The van der Waals surface area contributed by atoms with Gasteiger partial charge in [-0.2, -0.15) is 5.10 Å². The number of rotatable bonds is 4. The van der Waals surface area contributed by atoms with Gasteiger partial charge in [0.1, 0.15) is 10.6 Å². The molecule has 9 heteroatoms. The van der Waals surface area contributed by atoms with E-state index in [0.29, 0.717) is 12.5 Å². The van der Waals surface area contributed by atoms with E-state index >= 15 is 0 Å². The lowest BCUT2D eigenvalue weighted by molar-refractivity contribution is 0.0165. The van der Waals surface area contributed by atoms with Crippen LogP contribution in [0.2, 0.25) is 0 Å². The number of carbonyl (C=O) groups excluding carboxylic acids is 1. The van der Waals surface area contributed by atoms with E-state index in [9.17, 15) is 4.79 Å². The molecule has 31 heavy (non-hydrogen) atoms. The Morgan fingerprint density at radius 3 is 2.77 bits per heavy atom. The van der Waals surface area contributed by atoms with Crippen molar-refractivity contribution in [3.05, 3.63) is 30.5 Å². The molecule has 1 amide bonds. The second-order valence-electron chi connectivity index (χ2n) is 9.12. The summed E-state index contributed by atoms with van der Waals surface area (Å²) in [4.78, 5) is 23.8. The molecule has 0 spiro atoms. The molecular weight excluding hydrogens is 412 g/mol. The molecule has 1 unspecified atom stereocenters. The van der Waals surface area contributed by atoms with Crippen molar-refractivity contribution in [3.63, 3.8) is 0 Å². The Morgan fingerprint density at radius 1 is 1.29 bits per heavy atom. The lowest BCUT2D eigenvalue weighted by Crippen LogP contribution is -2.43. The quantitative estimate of drug-likeness (QED) is 0.568. The molecule has 0 aromatic carbocycles. The van der Waals surface area contributed by atoms with E-state index in [0.717, 1.165) is 53.4 Å². The highest BCUT2D eigenvalue weighted by Crippen LogP contribution is 2.28. The maximum Gasteiger partial charge on any atom is 0.410 e. The normalized spacial score (nSPS) is 17.3. The van der Waals surface area contributed by atoms with Crippen LogP contribution in [-0.4, -0.2) is 60.1 Å². The molecule has 1 aliphatic heterocycles. The highest BCUT2D eigenvalue weighted by molar-refractivity contribution is 7.98. The van der Waals surface area contributed by atoms with E-state index in [1.807, 2.05) is 57.6 Å². The minimum absolute atomic E-state index is 0.223. The Labute approximate surface area is 187 Å². The fourth-order valence-corrected chi connectivity index (χ4v) is 4.57. The summed E-state index contributed by atoms with van der Waals surface area (Å²) in [6, 6.07) is 0. The van der Waals surface area contributed by atoms with Gasteiger partial charge in [0, 0.05) is 38.1 Å². The van der Waals surface area contributed by atoms with Gasteiger partial charge in [-0.15, -0.1) is 11.8 Å². The predicted molar refractivity (Wildman–Crippen MR) is 121 cm³/mol. The molecular formula is C22H30N6O2S. The van der Waals surface area contributed by atoms with Crippen LogP contribution in [-0.2, 0) is 18.2 Å². The van der Waals surface area contributed by atoms with E-state index in [1.165, 1.54) is 0 Å². The summed E-state index contributed by atoms with van der Waals surface area (Å²) in [6.07, 6.45) is 12.5. The fraction of sp³-hybridized carbons (Fsp3) is 0.545. The predicted octanol–water partition coefficient (Wildman–Crippen LogP) is 4.04. The molecule has 0 radical (unpaired) electrons. The van der Waals surface area contributed by atoms with Crippen LogP contribution < -0.4 is 0 Å². The van der Waals surface area contributed by atoms with E-state index in [2.05, 4.69) is 20.7 Å². The number of hydrogen-bond acceptors (Lipinski definition) is 6. The molecule has 4 rings (SSSR count). The van der Waals surface area contributed by atoms with Crippen LogP contribution >= 0.6 is 11.8 Å². The lowest BCUT2D eigenvalue weighted by Gasteiger charge is -2.34. The minimum atomic E-state index is -0.478. The molecule has 0 N–H and O–H groups in total. The monoisotopic (exact) mass is 442 g/mol. The molecule has 0 bridgehead atoms. The van der Waals surface area contributed by atoms with Crippen molar-refractivity contribution < 1.29 is 9.53 Å². The average molecular weight is 443 g/mol. The van der Waals surface area contributed by atoms with Gasteiger partial charge in [0.25, 0.3) is 0 Å². The number of likely N-dealkylation sites (tertiary alicyclic amines) is 1. The number of nitrogens with zero attached hydrogens (tertiary/aromatic N) is 6. The van der Waals surface area contributed by atoms with Crippen molar-refractivity contribution in [2.45, 2.75) is 50.7 Å². The summed E-state index contributed by atoms with van der Waals surface area (Å²) >= 11 is 1.60. The summed E-state index contributed by atoms with van der Waals surface area (Å²) in [5, 5.41) is 5.20. The standard InChI is InChI=1S/C22H30N6O2S/c1-22(2,3)30-21(29)27-8-6-7-15(12-27)9-17-14-28-18(16-10-24-26(4)13-16)11-23-19(28)20(25-17)31-5/h10-11,13-15H,6-9,12H2,1-5H3. The van der Waals surface area contributed by atoms with Crippen LogP contribution in [0.1, 0.15) is 39.3 Å². The Bertz CT molecular complexity index is 1080. The molecule has 8 nitrogen and oxygen atoms in total. The number of piperidine rings is 1. The summed E-state index contributed by atoms with van der Waals surface area (Å²) in [6.45, 7) is 7.16. The van der Waals surface area contributed by atoms with Gasteiger partial charge in [-0.3, -0.25) is 9.08 Å². The minimum Gasteiger partial charge on any atom is -0.444 e. The topological polar surface area (TPSA) is 77.5 Å². The molecule has 3 aromatic heterocycles. The zero-order valence-electron chi connectivity index (χ0n) is 18.8. The third kappa shape index (κ3) is 4.87. The Morgan fingerprint density at radius 2 is 2.10 bits per heavy atom. The Balaban J connectivity index is 1.57. The average Bonchev–Trinajstić information content (AvgIpc) is 3.32. The Hall–Kier alpha value is -2.55. The van der Waals surface area contributed by atoms with Crippen LogP contribution in [0.3, 0.4) is 0 Å². The van der Waals surface area contributed by atoms with Crippen LogP contribution in [0.15, 0.2) is 29.8 Å². The second-order valence-corrected chi connectivity index (χ2v) is 9.91. The smallest absolute Gasteiger partial charge is 0.410 e. The van der Waals surface area contributed by atoms with Crippen LogP contribution in [0.4, 0.5) is 4.79 Å². The van der Waals surface area contributed by atoms with Gasteiger partial charge >= 0.3 is 6.09 Å². The molecule has 1 saturated heterocycles. The number of thioether (sulfide) groups is 1. The maximum absolute atomic E-state index is 12.5. The second kappa shape index (κ2) is 8.53. The van der Waals surface area contributed by atoms with Gasteiger partial charge in [0.15, 0.2) is 5.65 Å². The first kappa shape index (κ1) is 21.7. The molecule has 0 saturated carbocycles. The fourth-order valence-electron chi connectivity index (χ4n) is 4.03. The van der Waals surface area contributed by atoms with Gasteiger partial charge in [0.05, 0.1) is 23.8 Å². The molecule has 4 heterocycles. The first-order valence-electron chi connectivity index (χ1n) is 10.6. The SMILES string of the molecule is CSc1nc(CC2CCCN(C(=O)OC(C)(C)C)C2)cn2c(-c3cnn(C)c3)cnc12. The first-order valence-corrected chi connectivity index (χ1v) is 11.8. The van der Waals surface area contributed by atoms with E-state index in [1.54, 1.807) is 16.4 Å². The van der Waals surface area contributed by atoms with Gasteiger partial charge in [-0.1, -0.05) is 0 Å². The highest BCUT2D eigenvalue weighted by atomic mass is 32.2. The molecule has 1 fully saturated rings. The van der Waals surface area contributed by atoms with Crippen LogP contribution in [0, 0.1) is 5.92 Å². The number of aromatic nitrogens is 5. The van der Waals surface area contributed by atoms with Crippen molar-refractivity contribution in [3.8, 4) is 11.3 Å². The summed E-state index contributed by atoms with van der Waals surface area (Å²) in [5.41, 5.74) is 3.41. The third-order valence-corrected chi connectivity index (χ3v) is 6.03. The van der Waals surface area contributed by atoms with E-state index in [4.69, 9.17) is 9.72 Å². The largest absolute Gasteiger partial charge is 0.444 e. The number of hydrogen-bond donors (Lipinski definition) is 0. The summed E-state index contributed by atoms with van der Waals surface area (Å²) < 4.78 is 9.48. The van der Waals surface area contributed by atoms with Crippen LogP contribution in [0.5, 0.6) is 0 Å². The number of carbonyl (C=O) groups is 1. The van der Waals surface area contributed by atoms with Crippen molar-refractivity contribution in [2.75, 3.05) is 19.3 Å². The Kier molecular flexibility index (Phi) is 5.96. The highest BCUT2D eigenvalue weighted by Gasteiger charge is 2.28. The number of imidazole rings is 1. The number of aryl methyl sites for hydroxylation is 1. The van der Waals surface area contributed by atoms with Gasteiger partial charge in [-0.25, -0.2) is 14.8 Å². The number of fused-ring (bicyclic) bond motifs is 1. The van der Waals surface area contributed by atoms with Gasteiger partial charge < -0.3 is 9.64 Å². The third-order valence-electron chi connectivity index (χ3n) is 5.37. The van der Waals surface area contributed by atoms with E-state index in [-0.39, 0.29) is 6.09 Å². The number of amides is 1. The van der Waals surface area contributed by atoms with Crippen molar-refractivity contribution in [2.24, 2.45) is 13.0 Å². The number of ether oxygens (including phenoxy) is 1. The zero-order valence-corrected chi connectivity index (χ0v) is 19.6. The molecule has 1 aliphatic rings. The van der Waals surface area contributed by atoms with E-state index < -0.39 is 5.60 Å². The van der Waals surface area contributed by atoms with Gasteiger partial charge in [0.2, 0.25) is 0 Å². The lowest BCUT2D eigenvalue weighted by atomic mass is 9.94. The van der Waals surface area contributed by atoms with Crippen molar-refractivity contribution in [1.29, 1.82) is 0 Å². The summed E-state index contributed by atoms with van der Waals surface area (Å²) in [7, 11) is 1.91. The van der Waals surface area contributed by atoms with Crippen molar-refractivity contribution >= 4 is 23.5 Å². The summed E-state index contributed by atoms with van der Waals surface area (Å²) in [5.74, 6) is 0.353. The van der Waals surface area contributed by atoms with Crippen molar-refractivity contribution in [1.82, 2.24) is 29.0 Å². The van der Waals surface area contributed by atoms with Gasteiger partial charge in [-0.05, 0) is 52.2 Å². The maximum atomic E-state index is 12.5.